The summed E-state index contributed by atoms with van der Waals surface area (Å²) < 4.78 is 5.39. The third-order valence-corrected chi connectivity index (χ3v) is 6.90. The number of carbonyl (C=O) groups excluding carboxylic acids is 2. The number of halogens is 1. The number of piperazine rings is 1. The average molecular weight is 434 g/mol. The molecule has 6 nitrogen and oxygen atoms in total. The molecule has 0 radical (unpaired) electrons. The van der Waals surface area contributed by atoms with Crippen LogP contribution in [0, 0.1) is 6.92 Å². The Labute approximate surface area is 179 Å². The minimum atomic E-state index is -0.410. The van der Waals surface area contributed by atoms with Crippen molar-refractivity contribution in [2.45, 2.75) is 25.9 Å². The summed E-state index contributed by atoms with van der Waals surface area (Å²) in [6, 6.07) is 7.21. The highest BCUT2D eigenvalue weighted by Gasteiger charge is 2.44. The predicted octanol–water partition coefficient (Wildman–Crippen LogP) is 3.17. The molecule has 2 aliphatic heterocycles. The van der Waals surface area contributed by atoms with Gasteiger partial charge < -0.3 is 4.74 Å². The molecule has 1 atom stereocenters. The van der Waals surface area contributed by atoms with Crippen LogP contribution in [0.15, 0.2) is 29.6 Å². The van der Waals surface area contributed by atoms with Gasteiger partial charge in [-0.05, 0) is 30.0 Å². The van der Waals surface area contributed by atoms with E-state index in [-0.39, 0.29) is 18.2 Å². The molecule has 4 rings (SSSR count). The summed E-state index contributed by atoms with van der Waals surface area (Å²) in [5.74, 6) is 0.0616. The average Bonchev–Trinajstić information content (AvgIpc) is 3.32. The lowest BCUT2D eigenvalue weighted by Crippen LogP contribution is -2.52. The summed E-state index contributed by atoms with van der Waals surface area (Å²) in [5, 5.41) is 2.64. The molecule has 1 unspecified atom stereocenters. The molecular formula is C21H24ClN3O3S. The zero-order valence-corrected chi connectivity index (χ0v) is 18.1. The Morgan fingerprint density at radius 3 is 2.62 bits per heavy atom. The zero-order valence-electron chi connectivity index (χ0n) is 16.6. The summed E-state index contributed by atoms with van der Waals surface area (Å²) in [4.78, 5) is 33.1. The van der Waals surface area contributed by atoms with E-state index >= 15 is 0 Å². The van der Waals surface area contributed by atoms with Gasteiger partial charge in [-0.2, -0.15) is 0 Å². The second-order valence-corrected chi connectivity index (χ2v) is 8.89. The number of rotatable bonds is 5. The monoisotopic (exact) mass is 433 g/mol. The largest absolute Gasteiger partial charge is 0.495 e. The molecule has 2 amide bonds. The van der Waals surface area contributed by atoms with E-state index in [1.807, 2.05) is 6.92 Å². The van der Waals surface area contributed by atoms with Crippen molar-refractivity contribution < 1.29 is 14.3 Å². The third kappa shape index (κ3) is 4.05. The first-order chi connectivity index (χ1) is 14.0. The Bertz CT molecular complexity index is 910. The first-order valence-electron chi connectivity index (χ1n) is 9.67. The molecule has 29 heavy (non-hydrogen) atoms. The first-order valence-corrected chi connectivity index (χ1v) is 10.9. The molecular weight excluding hydrogens is 410 g/mol. The van der Waals surface area contributed by atoms with Crippen molar-refractivity contribution in [3.8, 4) is 5.75 Å². The fourth-order valence-corrected chi connectivity index (χ4v) is 4.90. The van der Waals surface area contributed by atoms with Crippen LogP contribution >= 0.6 is 22.9 Å². The number of benzene rings is 1. The Hall–Kier alpha value is -1.93. The van der Waals surface area contributed by atoms with Gasteiger partial charge in [-0.3, -0.25) is 19.4 Å². The molecule has 0 spiro atoms. The molecule has 0 bridgehead atoms. The van der Waals surface area contributed by atoms with Crippen molar-refractivity contribution >= 4 is 40.4 Å². The third-order valence-electron chi connectivity index (χ3n) is 5.63. The standard InChI is InChI=1S/C21H24ClN3O3S/c1-14-10-17(19(28-2)11-16(14)22)25-20(26)12-18(21(25)27)24-7-5-23(6-8-24)13-15-4-3-9-29-15/h3-4,9-11,18H,5-8,12-13H2,1-2H3. The molecule has 1 aromatic heterocycles. The molecule has 0 aliphatic carbocycles. The van der Waals surface area contributed by atoms with Crippen molar-refractivity contribution in [1.82, 2.24) is 9.80 Å². The van der Waals surface area contributed by atoms with Crippen LogP contribution in [0.1, 0.15) is 16.9 Å². The first kappa shape index (κ1) is 20.3. The number of anilines is 1. The number of nitrogens with zero attached hydrogens (tertiary/aromatic N) is 3. The van der Waals surface area contributed by atoms with E-state index in [2.05, 4.69) is 27.3 Å². The van der Waals surface area contributed by atoms with Gasteiger partial charge in [-0.15, -0.1) is 11.3 Å². The molecule has 2 fully saturated rings. The van der Waals surface area contributed by atoms with E-state index in [1.54, 1.807) is 23.5 Å². The number of methoxy groups -OCH3 is 1. The normalized spacial score (nSPS) is 21.2. The topological polar surface area (TPSA) is 53.1 Å². The van der Waals surface area contributed by atoms with Crippen molar-refractivity contribution in [3.05, 3.63) is 45.1 Å². The molecule has 8 heteroatoms. The van der Waals surface area contributed by atoms with Crippen LogP contribution in [-0.4, -0.2) is 60.9 Å². The maximum absolute atomic E-state index is 13.2. The number of aryl methyl sites for hydroxylation is 1. The van der Waals surface area contributed by atoms with Crippen LogP contribution < -0.4 is 9.64 Å². The van der Waals surface area contributed by atoms with Gasteiger partial charge in [0.2, 0.25) is 5.91 Å². The van der Waals surface area contributed by atoms with E-state index in [1.165, 1.54) is 16.9 Å². The summed E-state index contributed by atoms with van der Waals surface area (Å²) in [6.45, 7) is 6.12. The summed E-state index contributed by atoms with van der Waals surface area (Å²) in [5.41, 5.74) is 1.27. The van der Waals surface area contributed by atoms with Crippen LogP contribution in [0.3, 0.4) is 0 Å². The van der Waals surface area contributed by atoms with Crippen molar-refractivity contribution in [2.75, 3.05) is 38.2 Å². The van der Waals surface area contributed by atoms with Gasteiger partial charge in [0.1, 0.15) is 5.75 Å². The van der Waals surface area contributed by atoms with Gasteiger partial charge in [0.25, 0.3) is 5.91 Å². The van der Waals surface area contributed by atoms with Gasteiger partial charge >= 0.3 is 0 Å². The summed E-state index contributed by atoms with van der Waals surface area (Å²) in [6.07, 6.45) is 0.203. The van der Waals surface area contributed by atoms with Gasteiger partial charge in [-0.1, -0.05) is 17.7 Å². The van der Waals surface area contributed by atoms with Crippen LogP contribution in [0.2, 0.25) is 5.02 Å². The maximum atomic E-state index is 13.2. The number of hydrogen-bond acceptors (Lipinski definition) is 6. The van der Waals surface area contributed by atoms with Gasteiger partial charge in [0.15, 0.2) is 0 Å². The number of ether oxygens (including phenoxy) is 1. The van der Waals surface area contributed by atoms with Crippen LogP contribution in [0.4, 0.5) is 5.69 Å². The summed E-state index contributed by atoms with van der Waals surface area (Å²) >= 11 is 7.94. The smallest absolute Gasteiger partial charge is 0.251 e. The van der Waals surface area contributed by atoms with Gasteiger partial charge in [0, 0.05) is 48.7 Å². The minimum Gasteiger partial charge on any atom is -0.495 e. The van der Waals surface area contributed by atoms with E-state index in [0.29, 0.717) is 16.5 Å². The zero-order chi connectivity index (χ0) is 20.5. The molecule has 2 aliphatic rings. The Kier molecular flexibility index (Phi) is 5.92. The lowest BCUT2D eigenvalue weighted by molar-refractivity contribution is -0.123. The fraction of sp³-hybridized carbons (Fsp3) is 0.429. The second-order valence-electron chi connectivity index (χ2n) is 7.45. The Morgan fingerprint density at radius 2 is 1.97 bits per heavy atom. The molecule has 2 saturated heterocycles. The van der Waals surface area contributed by atoms with E-state index < -0.39 is 6.04 Å². The highest BCUT2D eigenvalue weighted by atomic mass is 35.5. The number of hydrogen-bond donors (Lipinski definition) is 0. The van der Waals surface area contributed by atoms with Crippen LogP contribution in [-0.2, 0) is 16.1 Å². The molecule has 3 heterocycles. The van der Waals surface area contributed by atoms with Gasteiger partial charge in [0.05, 0.1) is 25.3 Å². The van der Waals surface area contributed by atoms with Crippen LogP contribution in [0.25, 0.3) is 0 Å². The molecule has 2 aromatic rings. The molecule has 1 aromatic carbocycles. The number of imide groups is 1. The van der Waals surface area contributed by atoms with Crippen LogP contribution in [0.5, 0.6) is 5.75 Å². The highest BCUT2D eigenvalue weighted by molar-refractivity contribution is 7.09. The quantitative estimate of drug-likeness (QED) is 0.678. The maximum Gasteiger partial charge on any atom is 0.251 e. The highest BCUT2D eigenvalue weighted by Crippen LogP contribution is 2.37. The van der Waals surface area contributed by atoms with Crippen molar-refractivity contribution in [3.63, 3.8) is 0 Å². The Morgan fingerprint density at radius 1 is 1.21 bits per heavy atom. The fourth-order valence-electron chi connectivity index (χ4n) is 4.00. The molecule has 0 N–H and O–H groups in total. The van der Waals surface area contributed by atoms with Gasteiger partial charge in [-0.25, -0.2) is 4.90 Å². The lowest BCUT2D eigenvalue weighted by atomic mass is 10.1. The van der Waals surface area contributed by atoms with Crippen molar-refractivity contribution in [1.29, 1.82) is 0 Å². The number of amides is 2. The van der Waals surface area contributed by atoms with E-state index in [0.717, 1.165) is 38.3 Å². The Balaban J connectivity index is 1.46. The lowest BCUT2D eigenvalue weighted by Gasteiger charge is -2.36. The van der Waals surface area contributed by atoms with E-state index in [4.69, 9.17) is 16.3 Å². The molecule has 0 saturated carbocycles. The predicted molar refractivity (Wildman–Crippen MR) is 115 cm³/mol. The minimum absolute atomic E-state index is 0.179. The second kappa shape index (κ2) is 8.44. The van der Waals surface area contributed by atoms with Crippen molar-refractivity contribution in [2.24, 2.45) is 0 Å². The molecule has 154 valence electrons. The van der Waals surface area contributed by atoms with E-state index in [9.17, 15) is 9.59 Å². The SMILES string of the molecule is COc1cc(Cl)c(C)cc1N1C(=O)CC(N2CCN(Cc3cccs3)CC2)C1=O. The number of thiophene rings is 1. The number of carbonyl (C=O) groups is 2. The summed E-state index contributed by atoms with van der Waals surface area (Å²) in [7, 11) is 1.51.